The average molecular weight is 215 g/mol. The van der Waals surface area contributed by atoms with Crippen molar-refractivity contribution in [1.82, 2.24) is 14.9 Å². The molecule has 3 nitrogen and oxygen atoms in total. The van der Waals surface area contributed by atoms with Gasteiger partial charge in [-0.1, -0.05) is 30.3 Å². The fourth-order valence-corrected chi connectivity index (χ4v) is 1.82. The van der Waals surface area contributed by atoms with Gasteiger partial charge in [0.1, 0.15) is 0 Å². The van der Waals surface area contributed by atoms with E-state index >= 15 is 0 Å². The van der Waals surface area contributed by atoms with Crippen LogP contribution >= 0.6 is 0 Å². The van der Waals surface area contributed by atoms with Crippen LogP contribution in [0.3, 0.4) is 0 Å². The molecule has 1 aromatic carbocycles. The third-order valence-electron chi connectivity index (χ3n) is 2.71. The molecule has 0 saturated heterocycles. The summed E-state index contributed by atoms with van der Waals surface area (Å²) in [6.45, 7) is 0. The highest BCUT2D eigenvalue weighted by molar-refractivity contribution is 5.18. The van der Waals surface area contributed by atoms with E-state index in [0.29, 0.717) is 0 Å². The molecule has 3 heteroatoms. The molecule has 84 valence electrons. The third-order valence-corrected chi connectivity index (χ3v) is 2.71. The van der Waals surface area contributed by atoms with Crippen LogP contribution in [0.1, 0.15) is 17.3 Å². The van der Waals surface area contributed by atoms with Gasteiger partial charge in [-0.15, -0.1) is 0 Å². The van der Waals surface area contributed by atoms with Gasteiger partial charge in [-0.2, -0.15) is 0 Å². The molecule has 0 saturated carbocycles. The minimum absolute atomic E-state index is 0.281. The molecule has 2 aromatic rings. The third kappa shape index (κ3) is 2.49. The van der Waals surface area contributed by atoms with Crippen molar-refractivity contribution < 1.29 is 0 Å². The van der Waals surface area contributed by atoms with Gasteiger partial charge in [0.05, 0.1) is 18.1 Å². The van der Waals surface area contributed by atoms with Crippen LogP contribution in [0.5, 0.6) is 0 Å². The van der Waals surface area contributed by atoms with E-state index in [1.807, 2.05) is 31.1 Å². The van der Waals surface area contributed by atoms with Gasteiger partial charge in [0.2, 0.25) is 0 Å². The number of aromatic nitrogens is 2. The predicted octanol–water partition coefficient (Wildman–Crippen LogP) is 1.92. The van der Waals surface area contributed by atoms with Crippen LogP contribution in [0.15, 0.2) is 42.9 Å². The van der Waals surface area contributed by atoms with Crippen molar-refractivity contribution in [3.05, 3.63) is 54.1 Å². The standard InChI is InChI=1S/C13H17N3/c1-14-12(13-9-16(2)10-15-13)8-11-6-4-3-5-7-11/h3-7,9-10,12,14H,8H2,1-2H3. The number of likely N-dealkylation sites (N-methyl/N-ethyl adjacent to an activating group) is 1. The molecular weight excluding hydrogens is 198 g/mol. The highest BCUT2D eigenvalue weighted by Crippen LogP contribution is 2.15. The number of imidazole rings is 1. The molecule has 0 aliphatic carbocycles. The van der Waals surface area contributed by atoms with Crippen molar-refractivity contribution in [2.45, 2.75) is 12.5 Å². The Kier molecular flexibility index (Phi) is 3.37. The average Bonchev–Trinajstić information content (AvgIpc) is 2.74. The first kappa shape index (κ1) is 10.9. The predicted molar refractivity (Wildman–Crippen MR) is 65.2 cm³/mol. The topological polar surface area (TPSA) is 29.9 Å². The molecule has 0 aliphatic rings. The lowest BCUT2D eigenvalue weighted by molar-refractivity contribution is 0.578. The molecule has 0 spiro atoms. The van der Waals surface area contributed by atoms with Crippen LogP contribution in [0.25, 0.3) is 0 Å². The maximum Gasteiger partial charge on any atom is 0.0947 e. The Labute approximate surface area is 96.1 Å². The highest BCUT2D eigenvalue weighted by atomic mass is 15.0. The Bertz CT molecular complexity index is 433. The molecule has 1 atom stereocenters. The second-order valence-corrected chi connectivity index (χ2v) is 3.99. The van der Waals surface area contributed by atoms with E-state index in [4.69, 9.17) is 0 Å². The van der Waals surface area contributed by atoms with Crippen molar-refractivity contribution in [1.29, 1.82) is 0 Å². The fraction of sp³-hybridized carbons (Fsp3) is 0.308. The van der Waals surface area contributed by atoms with Crippen molar-refractivity contribution in [2.75, 3.05) is 7.05 Å². The molecule has 0 radical (unpaired) electrons. The minimum Gasteiger partial charge on any atom is -0.340 e. The molecule has 1 aromatic heterocycles. The van der Waals surface area contributed by atoms with E-state index in [0.717, 1.165) is 12.1 Å². The van der Waals surface area contributed by atoms with Gasteiger partial charge in [-0.05, 0) is 19.0 Å². The van der Waals surface area contributed by atoms with Crippen molar-refractivity contribution >= 4 is 0 Å². The summed E-state index contributed by atoms with van der Waals surface area (Å²) in [5, 5.41) is 3.30. The molecule has 1 heterocycles. The number of nitrogens with one attached hydrogen (secondary N) is 1. The second-order valence-electron chi connectivity index (χ2n) is 3.99. The summed E-state index contributed by atoms with van der Waals surface area (Å²) in [7, 11) is 3.97. The Morgan fingerprint density at radius 2 is 2.06 bits per heavy atom. The van der Waals surface area contributed by atoms with Crippen LogP contribution in [0.2, 0.25) is 0 Å². The Balaban J connectivity index is 2.12. The number of hydrogen-bond donors (Lipinski definition) is 1. The highest BCUT2D eigenvalue weighted by Gasteiger charge is 2.12. The van der Waals surface area contributed by atoms with Crippen LogP contribution < -0.4 is 5.32 Å². The first-order valence-corrected chi connectivity index (χ1v) is 5.48. The van der Waals surface area contributed by atoms with Gasteiger partial charge >= 0.3 is 0 Å². The summed E-state index contributed by atoms with van der Waals surface area (Å²) in [5.41, 5.74) is 2.42. The van der Waals surface area contributed by atoms with E-state index in [1.165, 1.54) is 5.56 Å². The summed E-state index contributed by atoms with van der Waals surface area (Å²) < 4.78 is 1.98. The van der Waals surface area contributed by atoms with Gasteiger partial charge in [-0.3, -0.25) is 0 Å². The fourth-order valence-electron chi connectivity index (χ4n) is 1.82. The molecule has 0 aliphatic heterocycles. The van der Waals surface area contributed by atoms with Crippen molar-refractivity contribution in [2.24, 2.45) is 7.05 Å². The second kappa shape index (κ2) is 4.94. The quantitative estimate of drug-likeness (QED) is 0.844. The largest absolute Gasteiger partial charge is 0.340 e. The van der Waals surface area contributed by atoms with Crippen molar-refractivity contribution in [3.63, 3.8) is 0 Å². The zero-order valence-corrected chi connectivity index (χ0v) is 9.72. The van der Waals surface area contributed by atoms with Gasteiger partial charge in [0, 0.05) is 13.2 Å². The van der Waals surface area contributed by atoms with Crippen LogP contribution in [0.4, 0.5) is 0 Å². The SMILES string of the molecule is CNC(Cc1ccccc1)c1cn(C)cn1. The molecule has 1 unspecified atom stereocenters. The lowest BCUT2D eigenvalue weighted by Gasteiger charge is -2.13. The smallest absolute Gasteiger partial charge is 0.0947 e. The van der Waals surface area contributed by atoms with E-state index in [1.54, 1.807) is 0 Å². The molecule has 16 heavy (non-hydrogen) atoms. The first-order valence-electron chi connectivity index (χ1n) is 5.48. The summed E-state index contributed by atoms with van der Waals surface area (Å²) >= 11 is 0. The number of benzene rings is 1. The normalized spacial score (nSPS) is 12.6. The van der Waals surface area contributed by atoms with E-state index < -0.39 is 0 Å². The zero-order valence-electron chi connectivity index (χ0n) is 9.72. The van der Waals surface area contributed by atoms with Gasteiger partial charge < -0.3 is 9.88 Å². The molecular formula is C13H17N3. The number of rotatable bonds is 4. The lowest BCUT2D eigenvalue weighted by Crippen LogP contribution is -2.19. The van der Waals surface area contributed by atoms with Crippen LogP contribution in [-0.4, -0.2) is 16.6 Å². The van der Waals surface area contributed by atoms with Gasteiger partial charge in [0.25, 0.3) is 0 Å². The molecule has 0 amide bonds. The first-order chi connectivity index (χ1) is 7.79. The zero-order chi connectivity index (χ0) is 11.4. The summed E-state index contributed by atoms with van der Waals surface area (Å²) in [4.78, 5) is 4.38. The molecule has 1 N–H and O–H groups in total. The van der Waals surface area contributed by atoms with Gasteiger partial charge in [0.15, 0.2) is 0 Å². The number of aryl methyl sites for hydroxylation is 1. The Morgan fingerprint density at radius 1 is 1.31 bits per heavy atom. The summed E-state index contributed by atoms with van der Waals surface area (Å²) in [6, 6.07) is 10.8. The van der Waals surface area contributed by atoms with E-state index in [9.17, 15) is 0 Å². The monoisotopic (exact) mass is 215 g/mol. The summed E-state index contributed by atoms with van der Waals surface area (Å²) in [6.07, 6.45) is 4.86. The van der Waals surface area contributed by atoms with Gasteiger partial charge in [-0.25, -0.2) is 4.98 Å². The lowest BCUT2D eigenvalue weighted by atomic mass is 10.0. The molecule has 2 rings (SSSR count). The maximum atomic E-state index is 4.38. The minimum atomic E-state index is 0.281. The van der Waals surface area contributed by atoms with Crippen LogP contribution in [-0.2, 0) is 13.5 Å². The molecule has 0 fully saturated rings. The number of nitrogens with zero attached hydrogens (tertiary/aromatic N) is 2. The van der Waals surface area contributed by atoms with E-state index in [2.05, 4.69) is 40.8 Å². The Morgan fingerprint density at radius 3 is 2.62 bits per heavy atom. The number of hydrogen-bond acceptors (Lipinski definition) is 2. The summed E-state index contributed by atoms with van der Waals surface area (Å²) in [5.74, 6) is 0. The van der Waals surface area contributed by atoms with Crippen LogP contribution in [0, 0.1) is 0 Å². The Hall–Kier alpha value is -1.61. The van der Waals surface area contributed by atoms with E-state index in [-0.39, 0.29) is 6.04 Å². The molecule has 0 bridgehead atoms. The van der Waals surface area contributed by atoms with Crippen molar-refractivity contribution in [3.8, 4) is 0 Å². The maximum absolute atomic E-state index is 4.38.